The molecule has 0 aliphatic carbocycles. The number of rotatable bonds is 16. The molecular formula is C25H35NO4. The van der Waals surface area contributed by atoms with Crippen molar-refractivity contribution in [1.29, 1.82) is 0 Å². The molecular weight excluding hydrogens is 378 g/mol. The van der Waals surface area contributed by atoms with Crippen LogP contribution in [0.4, 0.5) is 0 Å². The van der Waals surface area contributed by atoms with Gasteiger partial charge in [0, 0.05) is 24.3 Å². The fraction of sp³-hybridized carbons (Fsp3) is 0.480. The topological polar surface area (TPSA) is 78.8 Å². The van der Waals surface area contributed by atoms with Gasteiger partial charge in [-0.15, -0.1) is 0 Å². The number of aliphatic hydroxyl groups is 1. The molecule has 0 aliphatic heterocycles. The van der Waals surface area contributed by atoms with Gasteiger partial charge in [0.1, 0.15) is 5.75 Å². The van der Waals surface area contributed by atoms with Crippen molar-refractivity contribution in [3.63, 3.8) is 0 Å². The Morgan fingerprint density at radius 2 is 1.63 bits per heavy atom. The number of aryl methyl sites for hydroxylation is 1. The van der Waals surface area contributed by atoms with Gasteiger partial charge in [0.2, 0.25) is 0 Å². The zero-order chi connectivity index (χ0) is 21.4. The van der Waals surface area contributed by atoms with Gasteiger partial charge in [0.05, 0.1) is 13.2 Å². The number of aromatic hydroxyl groups is 1. The number of carbonyl (C=O) groups is 1. The second kappa shape index (κ2) is 14.7. The molecule has 0 heterocycles. The first-order valence-corrected chi connectivity index (χ1v) is 11.0. The van der Waals surface area contributed by atoms with E-state index in [2.05, 4.69) is 29.6 Å². The predicted molar refractivity (Wildman–Crippen MR) is 120 cm³/mol. The van der Waals surface area contributed by atoms with Crippen LogP contribution in [0.5, 0.6) is 5.75 Å². The standard InChI is InChI=1S/C25H35NO4/c27-20-23-18-22(13-14-24(23)28)25(29)19-26-15-7-1-2-8-16-30-17-9-6-12-21-10-4-3-5-11-21/h3-5,10-11,13-14,18,26-28H,1-2,6-9,12,15-17,19-20H2. The largest absolute Gasteiger partial charge is 0.508 e. The van der Waals surface area contributed by atoms with Gasteiger partial charge < -0.3 is 20.3 Å². The lowest BCUT2D eigenvalue weighted by atomic mass is 10.1. The monoisotopic (exact) mass is 413 g/mol. The molecule has 2 aromatic rings. The van der Waals surface area contributed by atoms with E-state index in [0.717, 1.165) is 58.3 Å². The van der Waals surface area contributed by atoms with Gasteiger partial charge in [-0.25, -0.2) is 0 Å². The van der Waals surface area contributed by atoms with Gasteiger partial charge in [-0.2, -0.15) is 0 Å². The SMILES string of the molecule is O=C(CNCCCCCCOCCCCc1ccccc1)c1ccc(O)c(CO)c1. The van der Waals surface area contributed by atoms with Gasteiger partial charge >= 0.3 is 0 Å². The van der Waals surface area contributed by atoms with E-state index in [-0.39, 0.29) is 24.7 Å². The van der Waals surface area contributed by atoms with Gasteiger partial charge in [0.25, 0.3) is 0 Å². The Bertz CT molecular complexity index is 733. The average molecular weight is 414 g/mol. The molecule has 164 valence electrons. The molecule has 0 bridgehead atoms. The molecule has 0 unspecified atom stereocenters. The Kier molecular flexibility index (Phi) is 11.8. The minimum atomic E-state index is -0.280. The zero-order valence-corrected chi connectivity index (χ0v) is 17.8. The Hall–Kier alpha value is -2.21. The summed E-state index contributed by atoms with van der Waals surface area (Å²) in [5.74, 6) is -0.0245. The highest BCUT2D eigenvalue weighted by Crippen LogP contribution is 2.18. The molecule has 2 aromatic carbocycles. The number of aliphatic hydroxyl groups excluding tert-OH is 1. The summed E-state index contributed by atoms with van der Waals surface area (Å²) in [6, 6.07) is 15.1. The Balaban J connectivity index is 1.39. The van der Waals surface area contributed by atoms with Crippen LogP contribution in [0.3, 0.4) is 0 Å². The lowest BCUT2D eigenvalue weighted by molar-refractivity contribution is 0.0991. The summed E-state index contributed by atoms with van der Waals surface area (Å²) in [7, 11) is 0. The number of hydrogen-bond donors (Lipinski definition) is 3. The number of benzene rings is 2. The van der Waals surface area contributed by atoms with Gasteiger partial charge in [-0.05, 0) is 62.4 Å². The van der Waals surface area contributed by atoms with Crippen LogP contribution >= 0.6 is 0 Å². The molecule has 5 heteroatoms. The van der Waals surface area contributed by atoms with E-state index in [1.165, 1.54) is 18.1 Å². The summed E-state index contributed by atoms with van der Waals surface area (Å²) in [6.07, 6.45) is 7.75. The number of Topliss-reactive ketones (excluding diaryl/α,β-unsaturated/α-hetero) is 1. The molecule has 5 nitrogen and oxygen atoms in total. The summed E-state index contributed by atoms with van der Waals surface area (Å²) < 4.78 is 5.71. The maximum atomic E-state index is 12.1. The molecule has 0 saturated heterocycles. The van der Waals surface area contributed by atoms with Crippen LogP contribution in [-0.2, 0) is 17.8 Å². The normalized spacial score (nSPS) is 11.0. The molecule has 0 spiro atoms. The first-order chi connectivity index (χ1) is 14.7. The molecule has 0 atom stereocenters. The lowest BCUT2D eigenvalue weighted by Crippen LogP contribution is -2.24. The molecule has 30 heavy (non-hydrogen) atoms. The van der Waals surface area contributed by atoms with Gasteiger partial charge in [0.15, 0.2) is 5.78 Å². The van der Waals surface area contributed by atoms with Crippen molar-refractivity contribution >= 4 is 5.78 Å². The number of nitrogens with one attached hydrogen (secondary N) is 1. The Morgan fingerprint density at radius 1 is 0.900 bits per heavy atom. The Labute approximate surface area is 180 Å². The van der Waals surface area contributed by atoms with Gasteiger partial charge in [-0.1, -0.05) is 43.2 Å². The lowest BCUT2D eigenvalue weighted by Gasteiger charge is -2.07. The summed E-state index contributed by atoms with van der Waals surface area (Å²) in [6.45, 7) is 2.45. The van der Waals surface area contributed by atoms with Gasteiger partial charge in [-0.3, -0.25) is 4.79 Å². The van der Waals surface area contributed by atoms with Crippen molar-refractivity contribution in [2.24, 2.45) is 0 Å². The molecule has 0 fully saturated rings. The number of ketones is 1. The van der Waals surface area contributed by atoms with E-state index >= 15 is 0 Å². The number of carbonyl (C=O) groups excluding carboxylic acids is 1. The predicted octanol–water partition coefficient (Wildman–Crippen LogP) is 4.26. The third kappa shape index (κ3) is 9.53. The molecule has 0 saturated carbocycles. The fourth-order valence-corrected chi connectivity index (χ4v) is 3.28. The van der Waals surface area contributed by atoms with E-state index in [4.69, 9.17) is 9.84 Å². The van der Waals surface area contributed by atoms with Crippen LogP contribution in [-0.4, -0.2) is 42.3 Å². The van der Waals surface area contributed by atoms with Crippen molar-refractivity contribution in [1.82, 2.24) is 5.32 Å². The van der Waals surface area contributed by atoms with Crippen molar-refractivity contribution in [2.45, 2.75) is 51.6 Å². The quantitative estimate of drug-likeness (QED) is 0.283. The average Bonchev–Trinajstić information content (AvgIpc) is 2.77. The third-order valence-corrected chi connectivity index (χ3v) is 5.10. The minimum Gasteiger partial charge on any atom is -0.508 e. The molecule has 0 amide bonds. The van der Waals surface area contributed by atoms with Crippen molar-refractivity contribution in [3.05, 3.63) is 65.2 Å². The summed E-state index contributed by atoms with van der Waals surface area (Å²) in [5.41, 5.74) is 2.27. The van der Waals surface area contributed by atoms with E-state index in [1.54, 1.807) is 12.1 Å². The number of hydrogen-bond acceptors (Lipinski definition) is 5. The first-order valence-electron chi connectivity index (χ1n) is 11.0. The third-order valence-electron chi connectivity index (χ3n) is 5.10. The van der Waals surface area contributed by atoms with E-state index in [1.807, 2.05) is 6.07 Å². The van der Waals surface area contributed by atoms with Crippen LogP contribution in [0.15, 0.2) is 48.5 Å². The summed E-state index contributed by atoms with van der Waals surface area (Å²) >= 11 is 0. The smallest absolute Gasteiger partial charge is 0.176 e. The summed E-state index contributed by atoms with van der Waals surface area (Å²) in [5, 5.41) is 21.9. The number of phenols is 1. The molecule has 3 N–H and O–H groups in total. The number of ether oxygens (including phenoxy) is 1. The highest BCUT2D eigenvalue weighted by Gasteiger charge is 2.08. The van der Waals surface area contributed by atoms with Crippen LogP contribution in [0.2, 0.25) is 0 Å². The van der Waals surface area contributed by atoms with Crippen LogP contribution in [0.25, 0.3) is 0 Å². The maximum Gasteiger partial charge on any atom is 0.176 e. The van der Waals surface area contributed by atoms with Crippen molar-refractivity contribution < 1.29 is 19.7 Å². The zero-order valence-electron chi connectivity index (χ0n) is 17.8. The molecule has 0 aromatic heterocycles. The Morgan fingerprint density at radius 3 is 2.40 bits per heavy atom. The fourth-order valence-electron chi connectivity index (χ4n) is 3.28. The van der Waals surface area contributed by atoms with E-state index < -0.39 is 0 Å². The number of unbranched alkanes of at least 4 members (excludes halogenated alkanes) is 4. The van der Waals surface area contributed by atoms with Crippen LogP contribution in [0.1, 0.15) is 60.0 Å². The second-order valence-corrected chi connectivity index (χ2v) is 7.57. The van der Waals surface area contributed by atoms with Crippen LogP contribution in [0, 0.1) is 0 Å². The minimum absolute atomic E-state index is 0.0122. The highest BCUT2D eigenvalue weighted by atomic mass is 16.5. The van der Waals surface area contributed by atoms with Crippen LogP contribution < -0.4 is 5.32 Å². The van der Waals surface area contributed by atoms with E-state index in [0.29, 0.717) is 11.1 Å². The molecule has 0 radical (unpaired) electrons. The molecule has 0 aliphatic rings. The maximum absolute atomic E-state index is 12.1. The second-order valence-electron chi connectivity index (χ2n) is 7.57. The van der Waals surface area contributed by atoms with Crippen molar-refractivity contribution in [2.75, 3.05) is 26.3 Å². The first kappa shape index (κ1) is 24.1. The van der Waals surface area contributed by atoms with E-state index in [9.17, 15) is 9.90 Å². The highest BCUT2D eigenvalue weighted by molar-refractivity contribution is 5.97. The summed E-state index contributed by atoms with van der Waals surface area (Å²) in [4.78, 5) is 12.1. The van der Waals surface area contributed by atoms with Crippen molar-refractivity contribution in [3.8, 4) is 5.75 Å². The molecule has 2 rings (SSSR count).